The largest absolute Gasteiger partial charge is 0.306 e. The first-order valence-electron chi connectivity index (χ1n) is 5.34. The monoisotopic (exact) mass is 339 g/mol. The molecule has 0 spiro atoms. The van der Waals surface area contributed by atoms with Crippen LogP contribution in [-0.2, 0) is 0 Å². The van der Waals surface area contributed by atoms with Crippen LogP contribution >= 0.6 is 15.9 Å². The number of nitrogens with one attached hydrogen (secondary N) is 1. The molecule has 0 radical (unpaired) electrons. The predicted octanol–water partition coefficient (Wildman–Crippen LogP) is 3.14. The van der Waals surface area contributed by atoms with Gasteiger partial charge >= 0.3 is 0 Å². The molecule has 1 aromatic heterocycles. The Morgan fingerprint density at radius 2 is 2.10 bits per heavy atom. The van der Waals surface area contributed by atoms with Crippen molar-refractivity contribution in [2.24, 2.45) is 0 Å². The molecule has 1 amide bonds. The Labute approximate surface area is 120 Å². The van der Waals surface area contributed by atoms with Crippen LogP contribution in [0.2, 0.25) is 0 Å². The molecule has 0 unspecified atom stereocenters. The Bertz CT molecular complexity index is 676. The van der Waals surface area contributed by atoms with Crippen molar-refractivity contribution in [3.8, 4) is 0 Å². The van der Waals surface area contributed by atoms with E-state index in [-0.39, 0.29) is 11.4 Å². The Morgan fingerprint density at radius 1 is 1.35 bits per heavy atom. The van der Waals surface area contributed by atoms with Gasteiger partial charge < -0.3 is 5.32 Å². The summed E-state index contributed by atoms with van der Waals surface area (Å²) in [5, 5.41) is 13.2. The minimum Gasteiger partial charge on any atom is -0.306 e. The lowest BCUT2D eigenvalue weighted by Gasteiger charge is -2.05. The van der Waals surface area contributed by atoms with Crippen LogP contribution in [0.15, 0.2) is 41.0 Å². The third-order valence-corrected chi connectivity index (χ3v) is 2.84. The molecule has 2 aromatic rings. The molecule has 0 saturated carbocycles. The fraction of sp³-hybridized carbons (Fsp3) is 0. The van der Waals surface area contributed by atoms with Gasteiger partial charge in [-0.3, -0.25) is 14.9 Å². The van der Waals surface area contributed by atoms with Crippen molar-refractivity contribution in [3.63, 3.8) is 0 Å². The standard InChI is InChI=1S/C12H7BrFN3O3/c13-7-1-4-11(15-6-7)16-12(18)9-3-2-8(14)5-10(9)17(19)20/h1-6H,(H,15,16,18). The molecule has 8 heteroatoms. The quantitative estimate of drug-likeness (QED) is 0.687. The first-order valence-corrected chi connectivity index (χ1v) is 6.13. The summed E-state index contributed by atoms with van der Waals surface area (Å²) in [5.74, 6) is -1.28. The van der Waals surface area contributed by atoms with Gasteiger partial charge in [-0.2, -0.15) is 0 Å². The van der Waals surface area contributed by atoms with E-state index >= 15 is 0 Å². The van der Waals surface area contributed by atoms with E-state index in [0.717, 1.165) is 16.6 Å². The Kier molecular flexibility index (Phi) is 4.04. The van der Waals surface area contributed by atoms with Crippen molar-refractivity contribution >= 4 is 33.3 Å². The minimum atomic E-state index is -0.812. The van der Waals surface area contributed by atoms with Crippen molar-refractivity contribution in [2.75, 3.05) is 5.32 Å². The van der Waals surface area contributed by atoms with E-state index in [1.54, 1.807) is 6.07 Å². The molecule has 0 bridgehead atoms. The molecule has 0 fully saturated rings. The fourth-order valence-electron chi connectivity index (χ4n) is 1.48. The zero-order chi connectivity index (χ0) is 14.7. The lowest BCUT2D eigenvalue weighted by atomic mass is 10.1. The van der Waals surface area contributed by atoms with Crippen LogP contribution in [0.1, 0.15) is 10.4 Å². The summed E-state index contributed by atoms with van der Waals surface area (Å²) in [6.07, 6.45) is 1.47. The second-order valence-corrected chi connectivity index (χ2v) is 4.65. The Balaban J connectivity index is 2.29. The lowest BCUT2D eigenvalue weighted by molar-refractivity contribution is -0.385. The van der Waals surface area contributed by atoms with Gasteiger partial charge in [0.2, 0.25) is 0 Å². The number of nitrogens with zero attached hydrogens (tertiary/aromatic N) is 2. The summed E-state index contributed by atoms with van der Waals surface area (Å²) in [7, 11) is 0. The highest BCUT2D eigenvalue weighted by Gasteiger charge is 2.21. The average Bonchev–Trinajstić information content (AvgIpc) is 2.41. The van der Waals surface area contributed by atoms with Crippen molar-refractivity contribution in [1.29, 1.82) is 0 Å². The second-order valence-electron chi connectivity index (χ2n) is 3.73. The van der Waals surface area contributed by atoms with E-state index < -0.39 is 22.3 Å². The summed E-state index contributed by atoms with van der Waals surface area (Å²) in [6, 6.07) is 5.92. The average molecular weight is 340 g/mol. The van der Waals surface area contributed by atoms with Crippen molar-refractivity contribution < 1.29 is 14.1 Å². The summed E-state index contributed by atoms with van der Waals surface area (Å²) < 4.78 is 13.7. The molecule has 0 aliphatic carbocycles. The number of halogens is 2. The van der Waals surface area contributed by atoms with Crippen LogP contribution < -0.4 is 5.32 Å². The summed E-state index contributed by atoms with van der Waals surface area (Å²) in [6.45, 7) is 0. The number of carbonyl (C=O) groups excluding carboxylic acids is 1. The molecule has 1 N–H and O–H groups in total. The molecule has 0 aliphatic rings. The maximum atomic E-state index is 13.0. The van der Waals surface area contributed by atoms with E-state index in [1.165, 1.54) is 12.3 Å². The molecule has 0 aliphatic heterocycles. The zero-order valence-corrected chi connectivity index (χ0v) is 11.4. The van der Waals surface area contributed by atoms with Crippen LogP contribution in [0.4, 0.5) is 15.9 Å². The molecule has 6 nitrogen and oxygen atoms in total. The van der Waals surface area contributed by atoms with E-state index in [0.29, 0.717) is 6.07 Å². The second kappa shape index (κ2) is 5.74. The number of carbonyl (C=O) groups is 1. The number of nitro benzene ring substituents is 1. The molecular formula is C12H7BrFN3O3. The van der Waals surface area contributed by atoms with Crippen LogP contribution in [0.5, 0.6) is 0 Å². The highest BCUT2D eigenvalue weighted by molar-refractivity contribution is 9.10. The van der Waals surface area contributed by atoms with Crippen LogP contribution in [0, 0.1) is 15.9 Å². The van der Waals surface area contributed by atoms with E-state index in [2.05, 4.69) is 26.2 Å². The summed E-state index contributed by atoms with van der Waals surface area (Å²) in [4.78, 5) is 25.9. The highest BCUT2D eigenvalue weighted by Crippen LogP contribution is 2.21. The summed E-state index contributed by atoms with van der Waals surface area (Å²) >= 11 is 3.19. The minimum absolute atomic E-state index is 0.233. The number of rotatable bonds is 3. The smallest absolute Gasteiger partial charge is 0.285 e. The molecule has 1 aromatic carbocycles. The zero-order valence-electron chi connectivity index (χ0n) is 9.84. The van der Waals surface area contributed by atoms with Gasteiger partial charge in [-0.05, 0) is 40.2 Å². The molecule has 2 rings (SSSR count). The first-order chi connectivity index (χ1) is 9.47. The number of hydrogen-bond acceptors (Lipinski definition) is 4. The van der Waals surface area contributed by atoms with Crippen molar-refractivity contribution in [3.05, 3.63) is 62.5 Å². The third kappa shape index (κ3) is 3.15. The molecule has 0 atom stereocenters. The van der Waals surface area contributed by atoms with Crippen molar-refractivity contribution in [2.45, 2.75) is 0 Å². The van der Waals surface area contributed by atoms with E-state index in [1.807, 2.05) is 0 Å². The highest BCUT2D eigenvalue weighted by atomic mass is 79.9. The van der Waals surface area contributed by atoms with Gasteiger partial charge in [-0.25, -0.2) is 9.37 Å². The topological polar surface area (TPSA) is 85.1 Å². The number of nitro groups is 1. The lowest BCUT2D eigenvalue weighted by Crippen LogP contribution is -2.14. The van der Waals surface area contributed by atoms with Gasteiger partial charge in [0.05, 0.1) is 11.0 Å². The maximum absolute atomic E-state index is 13.0. The fourth-order valence-corrected chi connectivity index (χ4v) is 1.72. The van der Waals surface area contributed by atoms with Gasteiger partial charge in [0.25, 0.3) is 11.6 Å². The summed E-state index contributed by atoms with van der Waals surface area (Å²) in [5.41, 5.74) is -0.833. The van der Waals surface area contributed by atoms with Gasteiger partial charge in [-0.15, -0.1) is 0 Å². The Morgan fingerprint density at radius 3 is 2.70 bits per heavy atom. The van der Waals surface area contributed by atoms with E-state index in [4.69, 9.17) is 0 Å². The number of anilines is 1. The van der Waals surface area contributed by atoms with Crippen LogP contribution in [0.3, 0.4) is 0 Å². The van der Waals surface area contributed by atoms with Gasteiger partial charge in [-0.1, -0.05) is 0 Å². The molecule has 102 valence electrons. The van der Waals surface area contributed by atoms with Crippen molar-refractivity contribution in [1.82, 2.24) is 4.98 Å². The molecule has 1 heterocycles. The van der Waals surface area contributed by atoms with Gasteiger partial charge in [0, 0.05) is 10.7 Å². The predicted molar refractivity (Wildman–Crippen MR) is 72.9 cm³/mol. The number of amides is 1. The van der Waals surface area contributed by atoms with E-state index in [9.17, 15) is 19.3 Å². The van der Waals surface area contributed by atoms with Gasteiger partial charge in [0.15, 0.2) is 0 Å². The Hall–Kier alpha value is -2.35. The number of benzene rings is 1. The molecular weight excluding hydrogens is 333 g/mol. The number of pyridine rings is 1. The molecule has 20 heavy (non-hydrogen) atoms. The maximum Gasteiger partial charge on any atom is 0.285 e. The number of hydrogen-bond donors (Lipinski definition) is 1. The third-order valence-electron chi connectivity index (χ3n) is 2.37. The SMILES string of the molecule is O=C(Nc1ccc(Br)cn1)c1ccc(F)cc1[N+](=O)[O-]. The van der Waals surface area contributed by atoms with Gasteiger partial charge in [0.1, 0.15) is 17.2 Å². The first kappa shape index (κ1) is 14.1. The number of aromatic nitrogens is 1. The van der Waals surface area contributed by atoms with Crippen LogP contribution in [0.25, 0.3) is 0 Å². The van der Waals surface area contributed by atoms with Crippen LogP contribution in [-0.4, -0.2) is 15.8 Å². The normalized spacial score (nSPS) is 10.1. The molecule has 0 saturated heterocycles.